The molecule has 0 amide bonds. The monoisotopic (exact) mass is 305 g/mol. The first-order valence-electron chi connectivity index (χ1n) is 6.78. The van der Waals surface area contributed by atoms with Crippen LogP contribution < -0.4 is 14.2 Å². The first-order chi connectivity index (χ1) is 10.6. The van der Waals surface area contributed by atoms with Crippen LogP contribution >= 0.6 is 0 Å². The van der Waals surface area contributed by atoms with E-state index < -0.39 is 0 Å². The maximum Gasteiger partial charge on any atom is 0.203 e. The first-order valence-corrected chi connectivity index (χ1v) is 6.78. The molecule has 0 spiro atoms. The van der Waals surface area contributed by atoms with Crippen molar-refractivity contribution in [2.24, 2.45) is 0 Å². The van der Waals surface area contributed by atoms with Gasteiger partial charge in [0.1, 0.15) is 0 Å². The van der Waals surface area contributed by atoms with Gasteiger partial charge in [0, 0.05) is 11.6 Å². The maximum absolute atomic E-state index is 11.3. The zero-order chi connectivity index (χ0) is 16.3. The van der Waals surface area contributed by atoms with Crippen LogP contribution in [0, 0.1) is 0 Å². The van der Waals surface area contributed by atoms with Gasteiger partial charge in [0.25, 0.3) is 0 Å². The molecule has 0 bridgehead atoms. The Hall–Kier alpha value is -2.57. The fourth-order valence-electron chi connectivity index (χ4n) is 2.24. The predicted octanol–water partition coefficient (Wildman–Crippen LogP) is 2.36. The predicted molar refractivity (Wildman–Crippen MR) is 80.9 cm³/mol. The van der Waals surface area contributed by atoms with Gasteiger partial charge in [-0.15, -0.1) is 5.10 Å². The van der Waals surface area contributed by atoms with Crippen LogP contribution in [-0.2, 0) is 0 Å². The third-order valence-corrected chi connectivity index (χ3v) is 3.26. The van der Waals surface area contributed by atoms with Gasteiger partial charge in [-0.2, -0.15) is 0 Å². The van der Waals surface area contributed by atoms with Gasteiger partial charge in [0.05, 0.1) is 27.0 Å². The fourth-order valence-corrected chi connectivity index (χ4v) is 2.24. The van der Waals surface area contributed by atoms with Crippen molar-refractivity contribution >= 4 is 6.29 Å². The van der Waals surface area contributed by atoms with E-state index in [2.05, 4.69) is 10.3 Å². The van der Waals surface area contributed by atoms with Crippen molar-refractivity contribution in [1.82, 2.24) is 15.0 Å². The van der Waals surface area contributed by atoms with Crippen LogP contribution in [0.3, 0.4) is 0 Å². The normalized spacial score (nSPS) is 10.6. The van der Waals surface area contributed by atoms with Crippen LogP contribution in [0.1, 0.15) is 30.4 Å². The van der Waals surface area contributed by atoms with Crippen LogP contribution in [0.4, 0.5) is 0 Å². The first kappa shape index (κ1) is 15.8. The highest BCUT2D eigenvalue weighted by Crippen LogP contribution is 2.41. The lowest BCUT2D eigenvalue weighted by Gasteiger charge is -2.15. The summed E-state index contributed by atoms with van der Waals surface area (Å²) >= 11 is 0. The Morgan fingerprint density at radius 2 is 1.68 bits per heavy atom. The van der Waals surface area contributed by atoms with Gasteiger partial charge in [-0.1, -0.05) is 5.21 Å². The molecule has 0 unspecified atom stereocenters. The lowest BCUT2D eigenvalue weighted by atomic mass is 10.1. The minimum Gasteiger partial charge on any atom is -0.493 e. The van der Waals surface area contributed by atoms with Gasteiger partial charge in [0.2, 0.25) is 5.75 Å². The highest BCUT2D eigenvalue weighted by atomic mass is 16.5. The SMILES string of the molecule is COc1cc(-c2c(C=O)nnn2C(C)C)cc(OC)c1OC. The second kappa shape index (κ2) is 6.46. The van der Waals surface area contributed by atoms with Crippen molar-refractivity contribution in [3.8, 4) is 28.5 Å². The topological polar surface area (TPSA) is 75.5 Å². The Bertz CT molecular complexity index is 654. The summed E-state index contributed by atoms with van der Waals surface area (Å²) in [4.78, 5) is 11.3. The van der Waals surface area contributed by atoms with Gasteiger partial charge in [-0.25, -0.2) is 4.68 Å². The third kappa shape index (κ3) is 2.61. The molecule has 0 radical (unpaired) electrons. The molecule has 1 heterocycles. The van der Waals surface area contributed by atoms with Crippen molar-refractivity contribution in [1.29, 1.82) is 0 Å². The Kier molecular flexibility index (Phi) is 4.65. The van der Waals surface area contributed by atoms with Crippen LogP contribution in [0.15, 0.2) is 12.1 Å². The van der Waals surface area contributed by atoms with Crippen molar-refractivity contribution in [2.75, 3.05) is 21.3 Å². The Balaban J connectivity index is 2.72. The van der Waals surface area contributed by atoms with Crippen LogP contribution in [-0.4, -0.2) is 42.6 Å². The molecule has 1 aromatic heterocycles. The lowest BCUT2D eigenvalue weighted by molar-refractivity contribution is 0.111. The van der Waals surface area contributed by atoms with Crippen molar-refractivity contribution in [3.05, 3.63) is 17.8 Å². The fraction of sp³-hybridized carbons (Fsp3) is 0.400. The average molecular weight is 305 g/mol. The summed E-state index contributed by atoms with van der Waals surface area (Å²) in [5.74, 6) is 1.50. The number of nitrogens with zero attached hydrogens (tertiary/aromatic N) is 3. The summed E-state index contributed by atoms with van der Waals surface area (Å²) in [6.45, 7) is 3.93. The number of hydrogen-bond donors (Lipinski definition) is 0. The zero-order valence-corrected chi connectivity index (χ0v) is 13.3. The maximum atomic E-state index is 11.3. The molecule has 0 aliphatic heterocycles. The number of carbonyl (C=O) groups excluding carboxylic acids is 1. The molecule has 7 nitrogen and oxygen atoms in total. The molecule has 0 fully saturated rings. The molecule has 22 heavy (non-hydrogen) atoms. The number of benzene rings is 1. The van der Waals surface area contributed by atoms with Crippen LogP contribution in [0.5, 0.6) is 17.2 Å². The lowest BCUT2D eigenvalue weighted by Crippen LogP contribution is -2.06. The molecule has 118 valence electrons. The summed E-state index contributed by atoms with van der Waals surface area (Å²) in [5, 5.41) is 7.96. The average Bonchev–Trinajstić information content (AvgIpc) is 2.97. The number of ether oxygens (including phenoxy) is 3. The quantitative estimate of drug-likeness (QED) is 0.763. The molecular formula is C15H19N3O4. The second-order valence-corrected chi connectivity index (χ2v) is 4.89. The smallest absolute Gasteiger partial charge is 0.203 e. The van der Waals surface area contributed by atoms with E-state index in [0.29, 0.717) is 29.2 Å². The molecule has 0 saturated heterocycles. The molecule has 0 aliphatic carbocycles. The number of methoxy groups -OCH3 is 3. The van der Waals surface area contributed by atoms with Crippen LogP contribution in [0.25, 0.3) is 11.3 Å². The number of hydrogen-bond acceptors (Lipinski definition) is 6. The van der Waals surface area contributed by atoms with Crippen molar-refractivity contribution in [2.45, 2.75) is 19.9 Å². The summed E-state index contributed by atoms with van der Waals surface area (Å²) in [7, 11) is 4.62. The highest BCUT2D eigenvalue weighted by molar-refractivity contribution is 5.84. The summed E-state index contributed by atoms with van der Waals surface area (Å²) in [6, 6.07) is 3.59. The van der Waals surface area contributed by atoms with Crippen molar-refractivity contribution in [3.63, 3.8) is 0 Å². The van der Waals surface area contributed by atoms with E-state index >= 15 is 0 Å². The summed E-state index contributed by atoms with van der Waals surface area (Å²) < 4.78 is 17.7. The second-order valence-electron chi connectivity index (χ2n) is 4.89. The summed E-state index contributed by atoms with van der Waals surface area (Å²) in [5.41, 5.74) is 1.60. The van der Waals surface area contributed by atoms with E-state index in [4.69, 9.17) is 14.2 Å². The van der Waals surface area contributed by atoms with Gasteiger partial charge < -0.3 is 14.2 Å². The molecule has 0 atom stereocenters. The Morgan fingerprint density at radius 1 is 1.09 bits per heavy atom. The molecule has 0 saturated carbocycles. The number of aldehydes is 1. The molecule has 2 aromatic rings. The molecule has 2 rings (SSSR count). The van der Waals surface area contributed by atoms with E-state index in [1.54, 1.807) is 31.0 Å². The van der Waals surface area contributed by atoms with Crippen LogP contribution in [0.2, 0.25) is 0 Å². The zero-order valence-electron chi connectivity index (χ0n) is 13.3. The Morgan fingerprint density at radius 3 is 2.09 bits per heavy atom. The molecule has 0 aliphatic rings. The number of rotatable bonds is 6. The minimum atomic E-state index is 0.0512. The van der Waals surface area contributed by atoms with Gasteiger partial charge in [0.15, 0.2) is 23.5 Å². The van der Waals surface area contributed by atoms with E-state index in [-0.39, 0.29) is 11.7 Å². The Labute approximate surface area is 128 Å². The standard InChI is InChI=1S/C15H19N3O4/c1-9(2)18-14(11(8-19)16-17-18)10-6-12(20-3)15(22-5)13(7-10)21-4/h6-9H,1-5H3. The van der Waals surface area contributed by atoms with E-state index in [1.165, 1.54) is 7.11 Å². The largest absolute Gasteiger partial charge is 0.493 e. The molecule has 0 N–H and O–H groups in total. The highest BCUT2D eigenvalue weighted by Gasteiger charge is 2.21. The van der Waals surface area contributed by atoms with Gasteiger partial charge >= 0.3 is 0 Å². The van der Waals surface area contributed by atoms with E-state index in [0.717, 1.165) is 5.56 Å². The summed E-state index contributed by atoms with van der Waals surface area (Å²) in [6.07, 6.45) is 0.685. The third-order valence-electron chi connectivity index (χ3n) is 3.26. The molecule has 7 heteroatoms. The minimum absolute atomic E-state index is 0.0512. The van der Waals surface area contributed by atoms with Crippen molar-refractivity contribution < 1.29 is 19.0 Å². The van der Waals surface area contributed by atoms with E-state index in [9.17, 15) is 4.79 Å². The van der Waals surface area contributed by atoms with E-state index in [1.807, 2.05) is 13.8 Å². The number of aromatic nitrogens is 3. The van der Waals surface area contributed by atoms with Gasteiger partial charge in [-0.3, -0.25) is 4.79 Å². The number of carbonyl (C=O) groups is 1. The molecular weight excluding hydrogens is 286 g/mol. The van der Waals surface area contributed by atoms with Gasteiger partial charge in [-0.05, 0) is 26.0 Å². The molecule has 1 aromatic carbocycles.